The van der Waals surface area contributed by atoms with Crippen LogP contribution in [0.2, 0.25) is 0 Å². The van der Waals surface area contributed by atoms with Gasteiger partial charge < -0.3 is 55.4 Å². The molecule has 3 aliphatic carbocycles. The quantitative estimate of drug-likeness (QED) is 0.186. The highest BCUT2D eigenvalue weighted by Gasteiger charge is 2.51. The predicted molar refractivity (Wildman–Crippen MR) is 110 cm³/mol. The van der Waals surface area contributed by atoms with E-state index in [4.69, 9.17) is 9.47 Å². The summed E-state index contributed by atoms with van der Waals surface area (Å²) in [6.45, 7) is 0. The maximum atomic E-state index is 10.8. The lowest BCUT2D eigenvalue weighted by atomic mass is 9.72. The third-order valence-corrected chi connectivity index (χ3v) is 8.13. The van der Waals surface area contributed by atoms with Crippen LogP contribution in [0.1, 0.15) is 44.9 Å². The second kappa shape index (κ2) is 10.3. The maximum absolute atomic E-state index is 10.8. The molecule has 0 aromatic carbocycles. The molecule has 0 aromatic heterocycles. The summed E-state index contributed by atoms with van der Waals surface area (Å²) in [5, 5.41) is 91.5. The molecule has 9 N–H and O–H groups in total. The van der Waals surface area contributed by atoms with Gasteiger partial charge in [-0.25, -0.2) is 0 Å². The first-order valence-corrected chi connectivity index (χ1v) is 12.0. The normalized spacial score (nSPS) is 54.5. The molecule has 0 bridgehead atoms. The van der Waals surface area contributed by atoms with Gasteiger partial charge in [0.1, 0.15) is 12.2 Å². The molecule has 33 heavy (non-hydrogen) atoms. The number of rotatable bonds is 4. The molecule has 4 fully saturated rings. The van der Waals surface area contributed by atoms with Crippen molar-refractivity contribution in [3.63, 3.8) is 0 Å². The van der Waals surface area contributed by atoms with Crippen molar-refractivity contribution < 1.29 is 55.4 Å². The van der Waals surface area contributed by atoms with Crippen LogP contribution in [0.3, 0.4) is 0 Å². The first-order valence-electron chi connectivity index (χ1n) is 12.0. The second-order valence-corrected chi connectivity index (χ2v) is 10.5. The van der Waals surface area contributed by atoms with Crippen LogP contribution < -0.4 is 0 Å². The zero-order valence-corrected chi connectivity index (χ0v) is 18.5. The van der Waals surface area contributed by atoms with Gasteiger partial charge in [0.05, 0.1) is 54.9 Å². The Labute approximate surface area is 192 Å². The highest BCUT2D eigenvalue weighted by Crippen LogP contribution is 2.43. The number of aliphatic hydroxyl groups excluding tert-OH is 9. The van der Waals surface area contributed by atoms with Gasteiger partial charge in [0.25, 0.3) is 0 Å². The van der Waals surface area contributed by atoms with Crippen molar-refractivity contribution in [1.82, 2.24) is 0 Å². The minimum Gasteiger partial charge on any atom is -0.393 e. The van der Waals surface area contributed by atoms with Crippen molar-refractivity contribution in [3.8, 4) is 0 Å². The molecule has 1 aliphatic heterocycles. The monoisotopic (exact) mass is 478 g/mol. The van der Waals surface area contributed by atoms with E-state index in [1.54, 1.807) is 0 Å². The molecule has 0 radical (unpaired) electrons. The lowest BCUT2D eigenvalue weighted by Crippen LogP contribution is -2.58. The van der Waals surface area contributed by atoms with Gasteiger partial charge in [-0.3, -0.25) is 0 Å². The Balaban J connectivity index is 1.51. The van der Waals surface area contributed by atoms with Crippen molar-refractivity contribution >= 4 is 0 Å². The second-order valence-electron chi connectivity index (χ2n) is 10.5. The standard InChI is InChI=1S/C22H38O11/c23-10-5-12(24)11-7-18(33-22(31)9-3-15(27)20(30)16(28)4-9)21(32-17(11)6-10)8-1-13(25)19(29)14(26)2-8/h8-31H,1-7H2/t8?,9?,10-,11+,12+,13-,14+,15-,16+,17?,18+,19?,20?,21-,22-/m1/s1. The van der Waals surface area contributed by atoms with Crippen LogP contribution in [0.4, 0.5) is 0 Å². The molecular formula is C22H38O11. The van der Waals surface area contributed by atoms with Crippen LogP contribution >= 0.6 is 0 Å². The molecule has 15 atom stereocenters. The third kappa shape index (κ3) is 5.39. The van der Waals surface area contributed by atoms with E-state index in [9.17, 15) is 46.0 Å². The summed E-state index contributed by atoms with van der Waals surface area (Å²) in [7, 11) is 0. The molecular weight excluding hydrogens is 440 g/mol. The molecule has 3 saturated carbocycles. The Bertz CT molecular complexity index is 628. The first kappa shape index (κ1) is 25.6. The lowest BCUT2D eigenvalue weighted by molar-refractivity contribution is -0.273. The molecule has 0 amide bonds. The fraction of sp³-hybridized carbons (Fsp3) is 1.00. The minimum absolute atomic E-state index is 0.0333. The van der Waals surface area contributed by atoms with Crippen LogP contribution in [0.5, 0.6) is 0 Å². The molecule has 11 nitrogen and oxygen atoms in total. The van der Waals surface area contributed by atoms with E-state index in [1.807, 2.05) is 0 Å². The molecule has 0 spiro atoms. The van der Waals surface area contributed by atoms with E-state index in [1.165, 1.54) is 0 Å². The first-order chi connectivity index (χ1) is 15.5. The van der Waals surface area contributed by atoms with Crippen molar-refractivity contribution in [2.24, 2.45) is 17.8 Å². The molecule has 1 heterocycles. The largest absolute Gasteiger partial charge is 0.393 e. The maximum Gasteiger partial charge on any atom is 0.158 e. The van der Waals surface area contributed by atoms with Gasteiger partial charge >= 0.3 is 0 Å². The summed E-state index contributed by atoms with van der Waals surface area (Å²) in [4.78, 5) is 0. The van der Waals surface area contributed by atoms with Gasteiger partial charge in [0, 0.05) is 11.8 Å². The fourth-order valence-corrected chi connectivity index (χ4v) is 6.24. The number of ether oxygens (including phenoxy) is 2. The molecule has 11 heteroatoms. The Hall–Kier alpha value is -0.440. The summed E-state index contributed by atoms with van der Waals surface area (Å²) in [6.07, 6.45) is -10.9. The average molecular weight is 479 g/mol. The summed E-state index contributed by atoms with van der Waals surface area (Å²) < 4.78 is 12.2. The Kier molecular flexibility index (Phi) is 7.99. The fourth-order valence-electron chi connectivity index (χ4n) is 6.24. The summed E-state index contributed by atoms with van der Waals surface area (Å²) in [6, 6.07) is 0. The molecule has 0 aromatic rings. The molecule has 4 rings (SSSR count). The summed E-state index contributed by atoms with van der Waals surface area (Å²) in [5.74, 6) is -1.38. The van der Waals surface area contributed by atoms with Crippen molar-refractivity contribution in [2.75, 3.05) is 0 Å². The number of aliphatic hydroxyl groups is 9. The summed E-state index contributed by atoms with van der Waals surface area (Å²) in [5.41, 5.74) is 0. The molecule has 4 aliphatic rings. The smallest absolute Gasteiger partial charge is 0.158 e. The SMILES string of the molecule is OC1[C@H](O)CC([C@H](O)O[C@H]2C[C@@H]3C(C[C@H](O)C[C@@H]3O)O[C@@H]2C2C[C@@H](O)C(O)[C@@H](O)C2)C[C@@H]1O. The van der Waals surface area contributed by atoms with Gasteiger partial charge in [-0.05, 0) is 50.9 Å². The minimum atomic E-state index is -1.38. The van der Waals surface area contributed by atoms with Gasteiger partial charge in [-0.1, -0.05) is 0 Å². The number of hydrogen-bond acceptors (Lipinski definition) is 11. The highest BCUT2D eigenvalue weighted by atomic mass is 16.6. The third-order valence-electron chi connectivity index (χ3n) is 8.13. The molecule has 1 saturated heterocycles. The topological polar surface area (TPSA) is 201 Å². The summed E-state index contributed by atoms with van der Waals surface area (Å²) >= 11 is 0. The van der Waals surface area contributed by atoms with E-state index in [2.05, 4.69) is 0 Å². The lowest BCUT2D eigenvalue weighted by Gasteiger charge is -2.51. The highest BCUT2D eigenvalue weighted by molar-refractivity contribution is 4.99. The van der Waals surface area contributed by atoms with E-state index in [-0.39, 0.29) is 38.0 Å². The van der Waals surface area contributed by atoms with Crippen LogP contribution in [0.25, 0.3) is 0 Å². The van der Waals surface area contributed by atoms with Gasteiger partial charge in [-0.2, -0.15) is 0 Å². The van der Waals surface area contributed by atoms with E-state index >= 15 is 0 Å². The van der Waals surface area contributed by atoms with Crippen molar-refractivity contribution in [1.29, 1.82) is 0 Å². The van der Waals surface area contributed by atoms with Gasteiger partial charge in [0.15, 0.2) is 6.29 Å². The van der Waals surface area contributed by atoms with E-state index < -0.39 is 85.3 Å². The number of hydrogen-bond donors (Lipinski definition) is 9. The average Bonchev–Trinajstić information content (AvgIpc) is 2.75. The van der Waals surface area contributed by atoms with Crippen molar-refractivity contribution in [3.05, 3.63) is 0 Å². The zero-order chi connectivity index (χ0) is 24.0. The Morgan fingerprint density at radius 2 is 1.18 bits per heavy atom. The van der Waals surface area contributed by atoms with Crippen LogP contribution in [-0.4, -0.2) is 119 Å². The Morgan fingerprint density at radius 1 is 0.636 bits per heavy atom. The Morgan fingerprint density at radius 3 is 1.76 bits per heavy atom. The van der Waals surface area contributed by atoms with Gasteiger partial charge in [-0.15, -0.1) is 0 Å². The van der Waals surface area contributed by atoms with E-state index in [0.29, 0.717) is 12.8 Å². The molecule has 5 unspecified atom stereocenters. The van der Waals surface area contributed by atoms with E-state index in [0.717, 1.165) is 0 Å². The van der Waals surface area contributed by atoms with Crippen LogP contribution in [0, 0.1) is 17.8 Å². The van der Waals surface area contributed by atoms with Gasteiger partial charge in [0.2, 0.25) is 0 Å². The van der Waals surface area contributed by atoms with Crippen LogP contribution in [-0.2, 0) is 9.47 Å². The predicted octanol–water partition coefficient (Wildman–Crippen LogP) is -3.04. The van der Waals surface area contributed by atoms with Crippen molar-refractivity contribution in [2.45, 2.75) is 118 Å². The van der Waals surface area contributed by atoms with Crippen LogP contribution in [0.15, 0.2) is 0 Å². The zero-order valence-electron chi connectivity index (χ0n) is 18.5. The molecule has 192 valence electrons. The number of fused-ring (bicyclic) bond motifs is 1.